The van der Waals surface area contributed by atoms with Gasteiger partial charge in [-0.1, -0.05) is 57.9 Å². The molecule has 3 N–H and O–H groups in total. The highest BCUT2D eigenvalue weighted by Crippen LogP contribution is 2.13. The van der Waals surface area contributed by atoms with Gasteiger partial charge in [-0.05, 0) is 18.0 Å². The van der Waals surface area contributed by atoms with Crippen molar-refractivity contribution >= 4 is 5.84 Å². The van der Waals surface area contributed by atoms with E-state index in [-0.39, 0.29) is 5.84 Å². The van der Waals surface area contributed by atoms with Crippen LogP contribution in [0.2, 0.25) is 0 Å². The smallest absolute Gasteiger partial charge is 0.122 e. The molecule has 1 aromatic rings. The SMILES string of the molecule is CCC(CC)CN(CC)Cc1ccc(C(=N)N)cc1. The van der Waals surface area contributed by atoms with E-state index in [1.54, 1.807) is 0 Å². The molecule has 0 amide bonds. The summed E-state index contributed by atoms with van der Waals surface area (Å²) in [6.45, 7) is 9.97. The van der Waals surface area contributed by atoms with Gasteiger partial charge in [-0.3, -0.25) is 10.3 Å². The van der Waals surface area contributed by atoms with Crippen LogP contribution in [-0.4, -0.2) is 23.8 Å². The fraction of sp³-hybridized carbons (Fsp3) is 0.562. The Hall–Kier alpha value is -1.35. The number of nitrogen functional groups attached to an aromatic ring is 1. The molecule has 0 bridgehead atoms. The minimum absolute atomic E-state index is 0.135. The number of benzene rings is 1. The molecule has 1 aromatic carbocycles. The van der Waals surface area contributed by atoms with Crippen molar-refractivity contribution < 1.29 is 0 Å². The summed E-state index contributed by atoms with van der Waals surface area (Å²) in [5.41, 5.74) is 7.55. The molecule has 0 aliphatic rings. The van der Waals surface area contributed by atoms with Crippen molar-refractivity contribution in [3.05, 3.63) is 35.4 Å². The lowest BCUT2D eigenvalue weighted by atomic mass is 10.0. The largest absolute Gasteiger partial charge is 0.384 e. The van der Waals surface area contributed by atoms with Gasteiger partial charge in [0.1, 0.15) is 5.84 Å². The van der Waals surface area contributed by atoms with Gasteiger partial charge in [0.15, 0.2) is 0 Å². The normalized spacial score (nSPS) is 11.2. The maximum Gasteiger partial charge on any atom is 0.122 e. The van der Waals surface area contributed by atoms with E-state index >= 15 is 0 Å². The lowest BCUT2D eigenvalue weighted by molar-refractivity contribution is 0.226. The summed E-state index contributed by atoms with van der Waals surface area (Å²) in [4.78, 5) is 2.49. The first-order chi connectivity index (χ1) is 9.10. The molecule has 3 nitrogen and oxygen atoms in total. The van der Waals surface area contributed by atoms with Crippen LogP contribution in [0.3, 0.4) is 0 Å². The third-order valence-corrected chi connectivity index (χ3v) is 3.79. The monoisotopic (exact) mass is 261 g/mol. The number of nitrogens with zero attached hydrogens (tertiary/aromatic N) is 1. The molecule has 0 spiro atoms. The van der Waals surface area contributed by atoms with Crippen LogP contribution in [0.5, 0.6) is 0 Å². The van der Waals surface area contributed by atoms with Gasteiger partial charge in [0.25, 0.3) is 0 Å². The van der Waals surface area contributed by atoms with Crippen LogP contribution in [0.15, 0.2) is 24.3 Å². The Morgan fingerprint density at radius 1 is 1.16 bits per heavy atom. The first-order valence-corrected chi connectivity index (χ1v) is 7.26. The van der Waals surface area contributed by atoms with E-state index in [9.17, 15) is 0 Å². The fourth-order valence-electron chi connectivity index (χ4n) is 2.27. The molecule has 0 aliphatic carbocycles. The van der Waals surface area contributed by atoms with Gasteiger partial charge in [-0.2, -0.15) is 0 Å². The number of rotatable bonds is 8. The highest BCUT2D eigenvalue weighted by atomic mass is 15.1. The van der Waals surface area contributed by atoms with Crippen molar-refractivity contribution in [3.8, 4) is 0 Å². The number of amidine groups is 1. The molecule has 106 valence electrons. The Balaban J connectivity index is 2.62. The Labute approximate surface area is 117 Å². The molecule has 0 radical (unpaired) electrons. The van der Waals surface area contributed by atoms with Crippen molar-refractivity contribution in [2.24, 2.45) is 11.7 Å². The molecule has 0 saturated carbocycles. The molecule has 3 heteroatoms. The van der Waals surface area contributed by atoms with Crippen LogP contribution >= 0.6 is 0 Å². The lowest BCUT2D eigenvalue weighted by Gasteiger charge is -2.25. The molecule has 0 aromatic heterocycles. The third-order valence-electron chi connectivity index (χ3n) is 3.79. The summed E-state index contributed by atoms with van der Waals surface area (Å²) < 4.78 is 0. The average molecular weight is 261 g/mol. The average Bonchev–Trinajstić information content (AvgIpc) is 2.43. The lowest BCUT2D eigenvalue weighted by Crippen LogP contribution is -2.28. The number of nitrogens with one attached hydrogen (secondary N) is 1. The second-order valence-electron chi connectivity index (χ2n) is 5.12. The molecule has 1 rings (SSSR count). The van der Waals surface area contributed by atoms with E-state index in [2.05, 4.69) is 37.8 Å². The minimum Gasteiger partial charge on any atom is -0.384 e. The fourth-order valence-corrected chi connectivity index (χ4v) is 2.27. The van der Waals surface area contributed by atoms with Gasteiger partial charge in [-0.15, -0.1) is 0 Å². The zero-order chi connectivity index (χ0) is 14.3. The van der Waals surface area contributed by atoms with E-state index in [0.717, 1.165) is 31.1 Å². The van der Waals surface area contributed by atoms with Crippen LogP contribution in [0.4, 0.5) is 0 Å². The highest BCUT2D eigenvalue weighted by molar-refractivity contribution is 5.94. The van der Waals surface area contributed by atoms with Crippen LogP contribution in [0, 0.1) is 11.3 Å². The van der Waals surface area contributed by atoms with Gasteiger partial charge in [0.05, 0.1) is 0 Å². The van der Waals surface area contributed by atoms with E-state index < -0.39 is 0 Å². The van der Waals surface area contributed by atoms with Crippen molar-refractivity contribution in [1.29, 1.82) is 5.41 Å². The molecule has 0 unspecified atom stereocenters. The van der Waals surface area contributed by atoms with Crippen LogP contribution < -0.4 is 5.73 Å². The molecular weight excluding hydrogens is 234 g/mol. The van der Waals surface area contributed by atoms with E-state index in [4.69, 9.17) is 11.1 Å². The van der Waals surface area contributed by atoms with Gasteiger partial charge >= 0.3 is 0 Å². The molecule has 0 fully saturated rings. The highest BCUT2D eigenvalue weighted by Gasteiger charge is 2.10. The number of nitrogens with two attached hydrogens (primary N) is 1. The van der Waals surface area contributed by atoms with Crippen molar-refractivity contribution in [2.75, 3.05) is 13.1 Å². The Morgan fingerprint density at radius 3 is 2.16 bits per heavy atom. The van der Waals surface area contributed by atoms with Gasteiger partial charge in [0, 0.05) is 18.7 Å². The topological polar surface area (TPSA) is 53.1 Å². The summed E-state index contributed by atoms with van der Waals surface area (Å²) in [6, 6.07) is 8.02. The summed E-state index contributed by atoms with van der Waals surface area (Å²) in [7, 11) is 0. The summed E-state index contributed by atoms with van der Waals surface area (Å²) >= 11 is 0. The van der Waals surface area contributed by atoms with E-state index in [1.807, 2.05) is 12.1 Å². The Morgan fingerprint density at radius 2 is 1.74 bits per heavy atom. The van der Waals surface area contributed by atoms with Crippen LogP contribution in [-0.2, 0) is 6.54 Å². The molecule has 0 heterocycles. The first kappa shape index (κ1) is 15.7. The summed E-state index contributed by atoms with van der Waals surface area (Å²) in [5.74, 6) is 0.923. The third kappa shape index (κ3) is 5.03. The van der Waals surface area contributed by atoms with Crippen molar-refractivity contribution in [3.63, 3.8) is 0 Å². The van der Waals surface area contributed by atoms with Gasteiger partial charge in [-0.25, -0.2) is 0 Å². The van der Waals surface area contributed by atoms with E-state index in [1.165, 1.54) is 18.4 Å². The zero-order valence-corrected chi connectivity index (χ0v) is 12.4. The molecular formula is C16H27N3. The first-order valence-electron chi connectivity index (χ1n) is 7.26. The number of hydrogen-bond acceptors (Lipinski definition) is 2. The van der Waals surface area contributed by atoms with Crippen LogP contribution in [0.1, 0.15) is 44.7 Å². The maximum atomic E-state index is 7.39. The van der Waals surface area contributed by atoms with Crippen molar-refractivity contribution in [2.45, 2.75) is 40.2 Å². The van der Waals surface area contributed by atoms with E-state index in [0.29, 0.717) is 0 Å². The summed E-state index contributed by atoms with van der Waals surface area (Å²) in [6.07, 6.45) is 2.49. The minimum atomic E-state index is 0.135. The molecule has 0 aliphatic heterocycles. The quantitative estimate of drug-likeness (QED) is 0.557. The van der Waals surface area contributed by atoms with Crippen molar-refractivity contribution in [1.82, 2.24) is 4.90 Å². The maximum absolute atomic E-state index is 7.39. The predicted octanol–water partition coefficient (Wildman–Crippen LogP) is 3.23. The van der Waals surface area contributed by atoms with Gasteiger partial charge < -0.3 is 5.73 Å². The molecule has 0 atom stereocenters. The standard InChI is InChI=1S/C16H27N3/c1-4-13(5-2)11-19(6-3)12-14-7-9-15(10-8-14)16(17)18/h7-10,13H,4-6,11-12H2,1-3H3,(H3,17,18). The second kappa shape index (κ2) is 7.95. The molecule has 0 saturated heterocycles. The second-order valence-corrected chi connectivity index (χ2v) is 5.12. The van der Waals surface area contributed by atoms with Gasteiger partial charge in [0.2, 0.25) is 0 Å². The zero-order valence-electron chi connectivity index (χ0n) is 12.4. The summed E-state index contributed by atoms with van der Waals surface area (Å²) in [5, 5.41) is 7.39. The van der Waals surface area contributed by atoms with Crippen LogP contribution in [0.25, 0.3) is 0 Å². The number of hydrogen-bond donors (Lipinski definition) is 2. The Kier molecular flexibility index (Phi) is 6.57. The molecule has 19 heavy (non-hydrogen) atoms. The predicted molar refractivity (Wildman–Crippen MR) is 82.5 cm³/mol. The Bertz CT molecular complexity index is 379.